The topological polar surface area (TPSA) is 56.1 Å². The van der Waals surface area contributed by atoms with E-state index in [4.69, 9.17) is 16.3 Å². The number of carbonyl (C=O) groups is 1. The van der Waals surface area contributed by atoms with Crippen LogP contribution in [0.2, 0.25) is 5.02 Å². The van der Waals surface area contributed by atoms with Gasteiger partial charge < -0.3 is 10.1 Å². The minimum atomic E-state index is -4.67. The summed E-state index contributed by atoms with van der Waals surface area (Å²) in [4.78, 5) is 12.3. The number of anilines is 1. The number of hydrogen-bond acceptors (Lipinski definition) is 3. The van der Waals surface area contributed by atoms with Crippen molar-refractivity contribution in [2.45, 2.75) is 19.5 Å². The number of nitrogens with zero attached hydrogens (tertiary/aromatic N) is 2. The molecule has 0 aliphatic carbocycles. The summed E-state index contributed by atoms with van der Waals surface area (Å²) in [5.74, 6) is -0.754. The molecule has 0 fully saturated rings. The van der Waals surface area contributed by atoms with E-state index in [1.807, 2.05) is 19.1 Å². The molecule has 0 aliphatic rings. The minimum Gasteiger partial charge on any atom is -0.467 e. The lowest BCUT2D eigenvalue weighted by atomic mass is 10.1. The molecule has 0 saturated heterocycles. The fourth-order valence-corrected chi connectivity index (χ4v) is 2.89. The highest BCUT2D eigenvalue weighted by atomic mass is 35.5. The Labute approximate surface area is 170 Å². The maximum atomic E-state index is 13.1. The van der Waals surface area contributed by atoms with Gasteiger partial charge in [0.2, 0.25) is 5.88 Å². The molecule has 0 atom stereocenters. The third-order valence-corrected chi connectivity index (χ3v) is 4.39. The van der Waals surface area contributed by atoms with Gasteiger partial charge in [-0.05, 0) is 30.2 Å². The van der Waals surface area contributed by atoms with E-state index in [-0.39, 0.29) is 16.6 Å². The molecule has 5 nitrogen and oxygen atoms in total. The average Bonchev–Trinajstić information content (AvgIpc) is 3.12. The molecule has 0 radical (unpaired) electrons. The van der Waals surface area contributed by atoms with Crippen LogP contribution in [-0.4, -0.2) is 22.3 Å². The van der Waals surface area contributed by atoms with E-state index >= 15 is 0 Å². The monoisotopic (exact) mass is 423 g/mol. The van der Waals surface area contributed by atoms with E-state index < -0.39 is 24.4 Å². The fourth-order valence-electron chi connectivity index (χ4n) is 2.68. The molecule has 3 aromatic rings. The van der Waals surface area contributed by atoms with E-state index in [1.54, 1.807) is 24.3 Å². The summed E-state index contributed by atoms with van der Waals surface area (Å²) < 4.78 is 45.7. The Morgan fingerprint density at radius 2 is 1.86 bits per heavy atom. The molecule has 1 heterocycles. The highest BCUT2D eigenvalue weighted by Crippen LogP contribution is 2.33. The third kappa shape index (κ3) is 4.89. The van der Waals surface area contributed by atoms with Gasteiger partial charge in [-0.1, -0.05) is 48.9 Å². The molecule has 1 aromatic heterocycles. The first-order chi connectivity index (χ1) is 13.8. The molecule has 0 bridgehead atoms. The van der Waals surface area contributed by atoms with Crippen molar-refractivity contribution in [2.24, 2.45) is 0 Å². The minimum absolute atomic E-state index is 0.190. The molecule has 2 aromatic carbocycles. The number of rotatable bonds is 6. The zero-order valence-corrected chi connectivity index (χ0v) is 16.1. The van der Waals surface area contributed by atoms with E-state index in [2.05, 4.69) is 10.4 Å². The maximum Gasteiger partial charge on any atom is 0.435 e. The summed E-state index contributed by atoms with van der Waals surface area (Å²) in [5, 5.41) is 6.44. The molecular weight excluding hydrogens is 407 g/mol. The number of halogens is 4. The Morgan fingerprint density at radius 1 is 1.17 bits per heavy atom. The van der Waals surface area contributed by atoms with Gasteiger partial charge in [-0.3, -0.25) is 4.79 Å². The van der Waals surface area contributed by atoms with Gasteiger partial charge in [0.05, 0.1) is 10.7 Å². The van der Waals surface area contributed by atoms with Crippen molar-refractivity contribution in [1.29, 1.82) is 0 Å². The van der Waals surface area contributed by atoms with Crippen LogP contribution in [0.4, 0.5) is 18.9 Å². The van der Waals surface area contributed by atoms with Crippen LogP contribution in [0.25, 0.3) is 5.69 Å². The molecule has 1 N–H and O–H groups in total. The lowest BCUT2D eigenvalue weighted by Gasteiger charge is -2.12. The van der Waals surface area contributed by atoms with Gasteiger partial charge in [-0.2, -0.15) is 23.0 Å². The first-order valence-electron chi connectivity index (χ1n) is 8.72. The number of nitrogens with one attached hydrogen (secondary N) is 1. The van der Waals surface area contributed by atoms with Gasteiger partial charge in [0, 0.05) is 11.8 Å². The van der Waals surface area contributed by atoms with Crippen molar-refractivity contribution < 1.29 is 22.7 Å². The van der Waals surface area contributed by atoms with Crippen LogP contribution < -0.4 is 10.1 Å². The molecule has 0 unspecified atom stereocenters. The van der Waals surface area contributed by atoms with Gasteiger partial charge in [0.25, 0.3) is 5.91 Å². The van der Waals surface area contributed by atoms with Gasteiger partial charge >= 0.3 is 6.18 Å². The SMILES string of the molecule is CCc1ccccc1NC(=O)COc1cc(C(F)(F)F)nn1-c1ccccc1Cl. The molecule has 9 heteroatoms. The Hall–Kier alpha value is -3.00. The zero-order valence-electron chi connectivity index (χ0n) is 15.3. The predicted octanol–water partition coefficient (Wildman–Crippen LogP) is 5.12. The quantitative estimate of drug-likeness (QED) is 0.598. The Bertz CT molecular complexity index is 1020. The number of amides is 1. The summed E-state index contributed by atoms with van der Waals surface area (Å²) >= 11 is 6.08. The van der Waals surface area contributed by atoms with Crippen LogP contribution in [0, 0.1) is 0 Å². The summed E-state index contributed by atoms with van der Waals surface area (Å²) in [7, 11) is 0. The van der Waals surface area contributed by atoms with E-state index in [9.17, 15) is 18.0 Å². The highest BCUT2D eigenvalue weighted by Gasteiger charge is 2.36. The molecule has 1 amide bonds. The number of hydrogen-bond donors (Lipinski definition) is 1. The van der Waals surface area contributed by atoms with Gasteiger partial charge in [-0.15, -0.1) is 0 Å². The van der Waals surface area contributed by atoms with Crippen molar-refractivity contribution in [2.75, 3.05) is 11.9 Å². The van der Waals surface area contributed by atoms with Crippen molar-refractivity contribution in [3.63, 3.8) is 0 Å². The molecule has 152 valence electrons. The smallest absolute Gasteiger partial charge is 0.435 e. The Morgan fingerprint density at radius 3 is 2.55 bits per heavy atom. The summed E-state index contributed by atoms with van der Waals surface area (Å²) in [5.41, 5.74) is 0.612. The standard InChI is InChI=1S/C20H17ClF3N3O2/c1-2-13-7-3-5-9-15(13)25-18(28)12-29-19-11-17(20(22,23)24)26-27(19)16-10-6-4-8-14(16)21/h3-11H,2,12H2,1H3,(H,25,28). The zero-order chi connectivity index (χ0) is 21.0. The molecule has 3 rings (SSSR count). The molecule has 29 heavy (non-hydrogen) atoms. The van der Waals surface area contributed by atoms with Crippen molar-refractivity contribution in [3.05, 3.63) is 70.9 Å². The van der Waals surface area contributed by atoms with Crippen LogP contribution in [-0.2, 0) is 17.4 Å². The van der Waals surface area contributed by atoms with Crippen LogP contribution in [0.15, 0.2) is 54.6 Å². The van der Waals surface area contributed by atoms with Crippen LogP contribution in [0.3, 0.4) is 0 Å². The van der Waals surface area contributed by atoms with E-state index in [0.717, 1.165) is 16.3 Å². The number of carbonyl (C=O) groups excluding carboxylic acids is 1. The van der Waals surface area contributed by atoms with Crippen LogP contribution >= 0.6 is 11.6 Å². The number of alkyl halides is 3. The van der Waals surface area contributed by atoms with Gasteiger partial charge in [0.1, 0.15) is 0 Å². The van der Waals surface area contributed by atoms with Crippen LogP contribution in [0.1, 0.15) is 18.2 Å². The summed E-state index contributed by atoms with van der Waals surface area (Å²) in [6.45, 7) is 1.45. The Balaban J connectivity index is 1.82. The molecule has 0 aliphatic heterocycles. The second kappa shape index (κ2) is 8.57. The second-order valence-corrected chi connectivity index (χ2v) is 6.48. The first-order valence-corrected chi connectivity index (χ1v) is 9.10. The fraction of sp³-hybridized carbons (Fsp3) is 0.200. The van der Waals surface area contributed by atoms with Crippen molar-refractivity contribution in [1.82, 2.24) is 9.78 Å². The number of benzene rings is 2. The van der Waals surface area contributed by atoms with Crippen molar-refractivity contribution >= 4 is 23.2 Å². The normalized spacial score (nSPS) is 11.3. The van der Waals surface area contributed by atoms with Crippen molar-refractivity contribution in [3.8, 4) is 11.6 Å². The molecule has 0 spiro atoms. The predicted molar refractivity (Wildman–Crippen MR) is 104 cm³/mol. The molecule has 0 saturated carbocycles. The number of ether oxygens (including phenoxy) is 1. The molecular formula is C20H17ClF3N3O2. The van der Waals surface area contributed by atoms with Gasteiger partial charge in [-0.25, -0.2) is 0 Å². The maximum absolute atomic E-state index is 13.1. The largest absolute Gasteiger partial charge is 0.467 e. The Kier molecular flexibility index (Phi) is 6.12. The number of aromatic nitrogens is 2. The highest BCUT2D eigenvalue weighted by molar-refractivity contribution is 6.32. The summed E-state index contributed by atoms with van der Waals surface area (Å²) in [6.07, 6.45) is -3.96. The average molecular weight is 424 g/mol. The van der Waals surface area contributed by atoms with E-state index in [1.165, 1.54) is 12.1 Å². The number of aryl methyl sites for hydroxylation is 1. The lowest BCUT2D eigenvalue weighted by molar-refractivity contribution is -0.141. The van der Waals surface area contributed by atoms with E-state index in [0.29, 0.717) is 12.1 Å². The first kappa shape index (κ1) is 20.7. The lowest BCUT2D eigenvalue weighted by Crippen LogP contribution is -2.21. The summed E-state index contributed by atoms with van der Waals surface area (Å²) in [6, 6.07) is 14.2. The second-order valence-electron chi connectivity index (χ2n) is 6.08. The number of para-hydroxylation sites is 2. The third-order valence-electron chi connectivity index (χ3n) is 4.07. The van der Waals surface area contributed by atoms with Crippen LogP contribution in [0.5, 0.6) is 5.88 Å². The van der Waals surface area contributed by atoms with Gasteiger partial charge in [0.15, 0.2) is 12.3 Å².